The number of rotatable bonds is 6. The highest BCUT2D eigenvalue weighted by Gasteiger charge is 2.59. The van der Waals surface area contributed by atoms with E-state index in [2.05, 4.69) is 6.07 Å². The number of para-hydroxylation sites is 1. The van der Waals surface area contributed by atoms with Gasteiger partial charge in [0.05, 0.1) is 12.2 Å². The van der Waals surface area contributed by atoms with Crippen LogP contribution in [0.25, 0.3) is 10.8 Å². The molecule has 1 N–H and O–H groups in total. The number of benzene rings is 2. The van der Waals surface area contributed by atoms with Gasteiger partial charge in [-0.15, -0.1) is 0 Å². The summed E-state index contributed by atoms with van der Waals surface area (Å²) < 4.78 is 5.53. The van der Waals surface area contributed by atoms with Gasteiger partial charge in [-0.2, -0.15) is 0 Å². The van der Waals surface area contributed by atoms with Crippen LogP contribution in [0, 0.1) is 0 Å². The maximum atomic E-state index is 13.9. The second kappa shape index (κ2) is 9.21. The van der Waals surface area contributed by atoms with E-state index in [-0.39, 0.29) is 18.6 Å². The molecule has 2 aliphatic heterocycles. The smallest absolute Gasteiger partial charge is 0.410 e. The largest absolute Gasteiger partial charge is 0.444 e. The lowest BCUT2D eigenvalue weighted by molar-refractivity contribution is -0.129. The first-order chi connectivity index (χ1) is 17.2. The lowest BCUT2D eigenvalue weighted by Crippen LogP contribution is -2.65. The van der Waals surface area contributed by atoms with E-state index >= 15 is 0 Å². The van der Waals surface area contributed by atoms with E-state index in [4.69, 9.17) is 9.72 Å². The van der Waals surface area contributed by atoms with Crippen LogP contribution in [0.2, 0.25) is 0 Å². The summed E-state index contributed by atoms with van der Waals surface area (Å²) in [6, 6.07) is 16.0. The van der Waals surface area contributed by atoms with Gasteiger partial charge < -0.3 is 19.6 Å². The zero-order chi connectivity index (χ0) is 25.5. The van der Waals surface area contributed by atoms with Crippen LogP contribution in [0.4, 0.5) is 10.5 Å². The summed E-state index contributed by atoms with van der Waals surface area (Å²) in [5.41, 5.74) is 2.49. The molecule has 0 bridgehead atoms. The van der Waals surface area contributed by atoms with Crippen molar-refractivity contribution in [3.8, 4) is 0 Å². The van der Waals surface area contributed by atoms with Gasteiger partial charge in [0.25, 0.3) is 0 Å². The molecular weight excluding hydrogens is 454 g/mol. The van der Waals surface area contributed by atoms with Crippen molar-refractivity contribution in [1.29, 1.82) is 0 Å². The van der Waals surface area contributed by atoms with Gasteiger partial charge >= 0.3 is 6.09 Å². The molecule has 188 valence electrons. The second-order valence-corrected chi connectivity index (χ2v) is 10.8. The van der Waals surface area contributed by atoms with Gasteiger partial charge in [-0.25, -0.2) is 4.79 Å². The fourth-order valence-corrected chi connectivity index (χ4v) is 5.36. The molecule has 36 heavy (non-hydrogen) atoms. The monoisotopic (exact) mass is 487 g/mol. The van der Waals surface area contributed by atoms with Crippen LogP contribution in [-0.4, -0.2) is 52.3 Å². The van der Waals surface area contributed by atoms with Gasteiger partial charge in [0.2, 0.25) is 5.91 Å². The molecule has 1 fully saturated rings. The molecule has 1 aromatic heterocycles. The minimum Gasteiger partial charge on any atom is -0.444 e. The number of aromatic nitrogens is 1. The number of nitrogens with zero attached hydrogens (tertiary/aromatic N) is 3. The average molecular weight is 488 g/mol. The Labute approximate surface area is 211 Å². The minimum absolute atomic E-state index is 0.000208. The van der Waals surface area contributed by atoms with Crippen LogP contribution in [-0.2, 0) is 27.9 Å². The molecule has 0 aliphatic carbocycles. The minimum atomic E-state index is -0.749. The maximum Gasteiger partial charge on any atom is 0.410 e. The first-order valence-corrected chi connectivity index (χ1v) is 12.6. The number of carbonyl (C=O) groups is 2. The molecule has 0 atom stereocenters. The molecule has 5 rings (SSSR count). The van der Waals surface area contributed by atoms with Crippen LogP contribution in [0.3, 0.4) is 0 Å². The van der Waals surface area contributed by atoms with E-state index in [0.717, 1.165) is 52.5 Å². The van der Waals surface area contributed by atoms with Crippen molar-refractivity contribution in [2.45, 2.75) is 57.6 Å². The first kappa shape index (κ1) is 24.3. The van der Waals surface area contributed by atoms with E-state index in [1.807, 2.05) is 74.3 Å². The number of aliphatic hydroxyl groups excluding tert-OH is 1. The van der Waals surface area contributed by atoms with Crippen molar-refractivity contribution >= 4 is 28.5 Å². The Morgan fingerprint density at radius 1 is 1.08 bits per heavy atom. The SMILES string of the molecule is CC(C)(C)OC(=O)N1CC2(C1)C(=O)N(Cc1ncc3ccccc3c1CCCCO)c1ccccc12. The lowest BCUT2D eigenvalue weighted by Gasteiger charge is -2.46. The highest BCUT2D eigenvalue weighted by atomic mass is 16.6. The summed E-state index contributed by atoms with van der Waals surface area (Å²) in [4.78, 5) is 34.8. The highest BCUT2D eigenvalue weighted by Crippen LogP contribution is 2.48. The number of aliphatic hydroxyl groups is 1. The number of anilines is 1. The predicted molar refractivity (Wildman–Crippen MR) is 139 cm³/mol. The maximum absolute atomic E-state index is 13.9. The van der Waals surface area contributed by atoms with Crippen molar-refractivity contribution in [1.82, 2.24) is 9.88 Å². The molecule has 3 heterocycles. The fraction of sp³-hybridized carbons (Fsp3) is 0.414. The summed E-state index contributed by atoms with van der Waals surface area (Å²) in [6.07, 6.45) is 3.83. The molecule has 2 aromatic carbocycles. The Balaban J connectivity index is 1.45. The van der Waals surface area contributed by atoms with E-state index in [0.29, 0.717) is 19.6 Å². The molecule has 2 amide bonds. The standard InChI is InChI=1S/C29H33N3O4/c1-28(2,3)36-27(35)31-18-29(19-31)23-13-6-7-14-25(23)32(26(29)34)17-24-22(12-8-9-15-33)21-11-5-4-10-20(21)16-30-24/h4-7,10-11,13-14,16,33H,8-9,12,15,17-19H2,1-3H3. The van der Waals surface area contributed by atoms with Crippen LogP contribution >= 0.6 is 0 Å². The Kier molecular flexibility index (Phi) is 6.20. The molecule has 3 aromatic rings. The number of fused-ring (bicyclic) bond motifs is 3. The highest BCUT2D eigenvalue weighted by molar-refractivity contribution is 6.10. The van der Waals surface area contributed by atoms with E-state index < -0.39 is 11.0 Å². The van der Waals surface area contributed by atoms with Gasteiger partial charge in [-0.3, -0.25) is 9.78 Å². The van der Waals surface area contributed by atoms with E-state index in [1.54, 1.807) is 4.90 Å². The Morgan fingerprint density at radius 2 is 1.81 bits per heavy atom. The zero-order valence-corrected chi connectivity index (χ0v) is 21.2. The van der Waals surface area contributed by atoms with Gasteiger partial charge in [-0.1, -0.05) is 42.5 Å². The summed E-state index contributed by atoms with van der Waals surface area (Å²) in [5.74, 6) is -0.000208. The lowest BCUT2D eigenvalue weighted by atomic mass is 9.75. The topological polar surface area (TPSA) is 83.0 Å². The summed E-state index contributed by atoms with van der Waals surface area (Å²) in [6.45, 7) is 6.66. The number of hydrogen-bond acceptors (Lipinski definition) is 5. The number of aryl methyl sites for hydroxylation is 1. The van der Waals surface area contributed by atoms with Crippen molar-refractivity contribution in [3.05, 3.63) is 71.5 Å². The van der Waals surface area contributed by atoms with Crippen LogP contribution in [0.15, 0.2) is 54.7 Å². The molecule has 0 unspecified atom stereocenters. The predicted octanol–water partition coefficient (Wildman–Crippen LogP) is 4.59. The summed E-state index contributed by atoms with van der Waals surface area (Å²) in [7, 11) is 0. The third-order valence-corrected chi connectivity index (χ3v) is 7.07. The van der Waals surface area contributed by atoms with Crippen molar-refractivity contribution in [2.24, 2.45) is 0 Å². The van der Waals surface area contributed by atoms with E-state index in [1.165, 1.54) is 0 Å². The van der Waals surface area contributed by atoms with Gasteiger partial charge in [0.15, 0.2) is 0 Å². The number of ether oxygens (including phenoxy) is 1. The Hall–Kier alpha value is -3.45. The van der Waals surface area contributed by atoms with Crippen molar-refractivity contribution in [2.75, 3.05) is 24.6 Å². The van der Waals surface area contributed by atoms with E-state index in [9.17, 15) is 14.7 Å². The van der Waals surface area contributed by atoms with Gasteiger partial charge in [0.1, 0.15) is 11.0 Å². The molecule has 0 saturated carbocycles. The molecule has 1 spiro atoms. The quantitative estimate of drug-likeness (QED) is 0.515. The molecule has 2 aliphatic rings. The molecule has 7 nitrogen and oxygen atoms in total. The third-order valence-electron chi connectivity index (χ3n) is 7.07. The fourth-order valence-electron chi connectivity index (χ4n) is 5.36. The Morgan fingerprint density at radius 3 is 2.56 bits per heavy atom. The number of likely N-dealkylation sites (tertiary alicyclic amines) is 1. The zero-order valence-electron chi connectivity index (χ0n) is 21.2. The van der Waals surface area contributed by atoms with Gasteiger partial charge in [0, 0.05) is 37.0 Å². The van der Waals surface area contributed by atoms with Crippen LogP contribution in [0.5, 0.6) is 0 Å². The van der Waals surface area contributed by atoms with Gasteiger partial charge in [-0.05, 0) is 62.6 Å². The Bertz CT molecular complexity index is 1310. The first-order valence-electron chi connectivity index (χ1n) is 12.6. The second-order valence-electron chi connectivity index (χ2n) is 10.8. The number of hydrogen-bond donors (Lipinski definition) is 1. The van der Waals surface area contributed by atoms with Crippen LogP contribution < -0.4 is 4.90 Å². The normalized spacial score (nSPS) is 16.4. The third kappa shape index (κ3) is 4.22. The number of carbonyl (C=O) groups excluding carboxylic acids is 2. The summed E-state index contributed by atoms with van der Waals surface area (Å²) >= 11 is 0. The van der Waals surface area contributed by atoms with Crippen molar-refractivity contribution < 1.29 is 19.4 Å². The number of unbranched alkanes of at least 4 members (excludes halogenated alkanes) is 1. The molecular formula is C29H33N3O4. The average Bonchev–Trinajstić information content (AvgIpc) is 3.06. The number of amides is 2. The van der Waals surface area contributed by atoms with Crippen LogP contribution in [0.1, 0.15) is 50.4 Å². The number of pyridine rings is 1. The van der Waals surface area contributed by atoms with Crippen molar-refractivity contribution in [3.63, 3.8) is 0 Å². The summed E-state index contributed by atoms with van der Waals surface area (Å²) in [5, 5.41) is 11.5. The molecule has 0 radical (unpaired) electrons. The molecule has 7 heteroatoms. The molecule has 1 saturated heterocycles.